The zero-order valence-corrected chi connectivity index (χ0v) is 12.9. The normalized spacial score (nSPS) is 11.4. The second kappa shape index (κ2) is 5.64. The van der Waals surface area contributed by atoms with Gasteiger partial charge in [0.15, 0.2) is 0 Å². The molecule has 0 fully saturated rings. The maximum Gasteiger partial charge on any atom is 0.232 e. The van der Waals surface area contributed by atoms with Gasteiger partial charge in [-0.05, 0) is 44.5 Å². The second-order valence-corrected chi connectivity index (χ2v) is 5.84. The average Bonchev–Trinajstić information content (AvgIpc) is 2.83. The molecule has 2 rings (SSSR count). The van der Waals surface area contributed by atoms with Gasteiger partial charge in [0.2, 0.25) is 5.91 Å². The van der Waals surface area contributed by atoms with Crippen LogP contribution in [0, 0.1) is 6.92 Å². The fourth-order valence-corrected chi connectivity index (χ4v) is 2.38. The van der Waals surface area contributed by atoms with E-state index in [1.54, 1.807) is 42.5 Å². The highest BCUT2D eigenvalue weighted by atomic mass is 16.3. The summed E-state index contributed by atoms with van der Waals surface area (Å²) in [6.07, 6.45) is 1.63. The Morgan fingerprint density at radius 3 is 2.38 bits per heavy atom. The number of carbonyl (C=O) groups is 1. The second-order valence-electron chi connectivity index (χ2n) is 5.84. The van der Waals surface area contributed by atoms with Gasteiger partial charge >= 0.3 is 0 Å². The van der Waals surface area contributed by atoms with Crippen LogP contribution < -0.4 is 0 Å². The summed E-state index contributed by atoms with van der Waals surface area (Å²) in [7, 11) is 1.79. The molecule has 0 spiro atoms. The van der Waals surface area contributed by atoms with Crippen molar-refractivity contribution in [1.82, 2.24) is 4.90 Å². The SMILES string of the molecule is Cc1occc1CN(C)C(=O)C(C)(C)c1ccc(O)cc1. The van der Waals surface area contributed by atoms with Gasteiger partial charge in [-0.25, -0.2) is 0 Å². The minimum absolute atomic E-state index is 0.0220. The van der Waals surface area contributed by atoms with Crippen molar-refractivity contribution in [2.24, 2.45) is 0 Å². The topological polar surface area (TPSA) is 53.7 Å². The van der Waals surface area contributed by atoms with Crippen LogP contribution in [0.2, 0.25) is 0 Å². The summed E-state index contributed by atoms with van der Waals surface area (Å²) in [4.78, 5) is 14.4. The van der Waals surface area contributed by atoms with Crippen LogP contribution in [-0.2, 0) is 16.8 Å². The highest BCUT2D eigenvalue weighted by Crippen LogP contribution is 2.27. The lowest BCUT2D eigenvalue weighted by molar-refractivity contribution is -0.135. The molecule has 0 atom stereocenters. The zero-order chi connectivity index (χ0) is 15.6. The van der Waals surface area contributed by atoms with Gasteiger partial charge in [0.25, 0.3) is 0 Å². The number of rotatable bonds is 4. The van der Waals surface area contributed by atoms with Gasteiger partial charge in [-0.3, -0.25) is 4.79 Å². The number of phenols is 1. The number of amides is 1. The van der Waals surface area contributed by atoms with Gasteiger partial charge in [0.05, 0.1) is 11.7 Å². The Labute approximate surface area is 125 Å². The first-order valence-corrected chi connectivity index (χ1v) is 6.90. The van der Waals surface area contributed by atoms with Crippen molar-refractivity contribution >= 4 is 5.91 Å². The predicted octanol–water partition coefficient (Wildman–Crippen LogP) is 3.23. The minimum Gasteiger partial charge on any atom is -0.508 e. The van der Waals surface area contributed by atoms with Crippen molar-refractivity contribution in [1.29, 1.82) is 0 Å². The van der Waals surface area contributed by atoms with Crippen LogP contribution in [0.1, 0.15) is 30.7 Å². The highest BCUT2D eigenvalue weighted by Gasteiger charge is 2.32. The van der Waals surface area contributed by atoms with Crippen LogP contribution in [0.4, 0.5) is 0 Å². The molecule has 0 aliphatic rings. The minimum atomic E-state index is -0.653. The van der Waals surface area contributed by atoms with E-state index in [1.807, 2.05) is 26.8 Å². The summed E-state index contributed by atoms with van der Waals surface area (Å²) in [5.74, 6) is 1.05. The Balaban J connectivity index is 2.17. The van der Waals surface area contributed by atoms with Crippen LogP contribution in [0.25, 0.3) is 0 Å². The molecule has 1 aromatic carbocycles. The lowest BCUT2D eigenvalue weighted by Gasteiger charge is -2.29. The van der Waals surface area contributed by atoms with Gasteiger partial charge in [0, 0.05) is 19.2 Å². The van der Waals surface area contributed by atoms with E-state index in [0.717, 1.165) is 16.9 Å². The highest BCUT2D eigenvalue weighted by molar-refractivity contribution is 5.87. The molecule has 0 aliphatic carbocycles. The van der Waals surface area contributed by atoms with Crippen molar-refractivity contribution in [3.8, 4) is 5.75 Å². The summed E-state index contributed by atoms with van der Waals surface area (Å²) < 4.78 is 5.26. The monoisotopic (exact) mass is 287 g/mol. The number of furan rings is 1. The number of aromatic hydroxyl groups is 1. The molecule has 2 aromatic rings. The first-order chi connectivity index (χ1) is 9.82. The predicted molar refractivity (Wildman–Crippen MR) is 81.1 cm³/mol. The van der Waals surface area contributed by atoms with Gasteiger partial charge in [-0.2, -0.15) is 0 Å². The third kappa shape index (κ3) is 3.10. The van der Waals surface area contributed by atoms with Gasteiger partial charge in [0.1, 0.15) is 11.5 Å². The third-order valence-corrected chi connectivity index (χ3v) is 3.84. The number of aryl methyl sites for hydroxylation is 1. The molecule has 1 N–H and O–H groups in total. The molecule has 4 heteroatoms. The summed E-state index contributed by atoms with van der Waals surface area (Å²) in [6, 6.07) is 8.65. The van der Waals surface area contributed by atoms with Crippen molar-refractivity contribution in [3.63, 3.8) is 0 Å². The molecule has 112 valence electrons. The van der Waals surface area contributed by atoms with Crippen molar-refractivity contribution in [2.45, 2.75) is 32.7 Å². The van der Waals surface area contributed by atoms with Crippen LogP contribution in [-0.4, -0.2) is 23.0 Å². The Morgan fingerprint density at radius 2 is 1.86 bits per heavy atom. The van der Waals surface area contributed by atoms with E-state index in [2.05, 4.69) is 0 Å². The van der Waals surface area contributed by atoms with E-state index in [4.69, 9.17) is 4.42 Å². The van der Waals surface area contributed by atoms with Crippen LogP contribution in [0.15, 0.2) is 41.0 Å². The number of carbonyl (C=O) groups excluding carboxylic acids is 1. The number of nitrogens with zero attached hydrogens (tertiary/aromatic N) is 1. The summed E-state index contributed by atoms with van der Waals surface area (Å²) in [6.45, 7) is 6.18. The molecule has 4 nitrogen and oxygen atoms in total. The van der Waals surface area contributed by atoms with Crippen LogP contribution in [0.3, 0.4) is 0 Å². The third-order valence-electron chi connectivity index (χ3n) is 3.84. The largest absolute Gasteiger partial charge is 0.508 e. The van der Waals surface area contributed by atoms with Gasteiger partial charge in [-0.15, -0.1) is 0 Å². The van der Waals surface area contributed by atoms with Gasteiger partial charge < -0.3 is 14.4 Å². The van der Waals surface area contributed by atoms with Crippen LogP contribution >= 0.6 is 0 Å². The maximum atomic E-state index is 12.7. The number of likely N-dealkylation sites (N-methyl/N-ethyl adjacent to an activating group) is 1. The molecule has 0 aliphatic heterocycles. The summed E-state index contributed by atoms with van der Waals surface area (Å²) >= 11 is 0. The molecule has 0 radical (unpaired) electrons. The Hall–Kier alpha value is -2.23. The Kier molecular flexibility index (Phi) is 4.07. The van der Waals surface area contributed by atoms with Crippen molar-refractivity contribution in [3.05, 3.63) is 53.5 Å². The standard InChI is InChI=1S/C17H21NO3/c1-12-13(9-10-21-12)11-18(4)16(20)17(2,3)14-5-7-15(19)8-6-14/h5-10,19H,11H2,1-4H3. The summed E-state index contributed by atoms with van der Waals surface area (Å²) in [5, 5.41) is 9.37. The molecule has 1 amide bonds. The number of hydrogen-bond acceptors (Lipinski definition) is 3. The molecular weight excluding hydrogens is 266 g/mol. The van der Waals surface area contributed by atoms with E-state index in [0.29, 0.717) is 6.54 Å². The molecule has 21 heavy (non-hydrogen) atoms. The Morgan fingerprint density at radius 1 is 1.24 bits per heavy atom. The van der Waals surface area contributed by atoms with E-state index in [9.17, 15) is 9.90 Å². The number of benzene rings is 1. The first kappa shape index (κ1) is 15.2. The zero-order valence-electron chi connectivity index (χ0n) is 12.9. The molecule has 0 saturated heterocycles. The molecule has 1 aromatic heterocycles. The number of hydrogen-bond donors (Lipinski definition) is 1. The number of phenolic OH excluding ortho intramolecular Hbond substituents is 1. The molecule has 0 unspecified atom stereocenters. The quantitative estimate of drug-likeness (QED) is 0.939. The van der Waals surface area contributed by atoms with Crippen molar-refractivity contribution < 1.29 is 14.3 Å². The van der Waals surface area contributed by atoms with Crippen molar-refractivity contribution in [2.75, 3.05) is 7.05 Å². The fourth-order valence-electron chi connectivity index (χ4n) is 2.38. The maximum absolute atomic E-state index is 12.7. The first-order valence-electron chi connectivity index (χ1n) is 6.90. The molecule has 0 saturated carbocycles. The molecular formula is C17H21NO3. The van der Waals surface area contributed by atoms with E-state index in [-0.39, 0.29) is 11.7 Å². The van der Waals surface area contributed by atoms with Crippen LogP contribution in [0.5, 0.6) is 5.75 Å². The lowest BCUT2D eigenvalue weighted by atomic mass is 9.83. The summed E-state index contributed by atoms with van der Waals surface area (Å²) in [5.41, 5.74) is 1.23. The van der Waals surface area contributed by atoms with Gasteiger partial charge in [-0.1, -0.05) is 12.1 Å². The lowest BCUT2D eigenvalue weighted by Crippen LogP contribution is -2.41. The molecule has 1 heterocycles. The van der Waals surface area contributed by atoms with E-state index < -0.39 is 5.41 Å². The van der Waals surface area contributed by atoms with E-state index in [1.165, 1.54) is 0 Å². The Bertz CT molecular complexity index is 626. The molecule has 0 bridgehead atoms. The fraction of sp³-hybridized carbons (Fsp3) is 0.353. The smallest absolute Gasteiger partial charge is 0.232 e. The average molecular weight is 287 g/mol. The van der Waals surface area contributed by atoms with E-state index >= 15 is 0 Å².